The van der Waals surface area contributed by atoms with E-state index in [-0.39, 0.29) is 23.5 Å². The molecule has 2 rings (SSSR count). The van der Waals surface area contributed by atoms with Crippen LogP contribution in [-0.2, 0) is 4.79 Å². The summed E-state index contributed by atoms with van der Waals surface area (Å²) in [5, 5.41) is 12.6. The van der Waals surface area contributed by atoms with Gasteiger partial charge in [-0.3, -0.25) is 4.79 Å². The minimum absolute atomic E-state index is 0.0151. The number of nitrogens with one attached hydrogen (secondary N) is 1. The van der Waals surface area contributed by atoms with E-state index in [1.165, 1.54) is 24.3 Å². The number of carbonyl (C=O) groups is 1. The third kappa shape index (κ3) is 3.46. The highest BCUT2D eigenvalue weighted by Crippen LogP contribution is 2.26. The van der Waals surface area contributed by atoms with Gasteiger partial charge >= 0.3 is 0 Å². The van der Waals surface area contributed by atoms with Crippen molar-refractivity contribution in [1.29, 1.82) is 0 Å². The molecule has 2 unspecified atom stereocenters. The van der Waals surface area contributed by atoms with Gasteiger partial charge in [0.25, 0.3) is 0 Å². The molecule has 0 saturated carbocycles. The summed E-state index contributed by atoms with van der Waals surface area (Å²) in [6, 6.07) is 5.65. The van der Waals surface area contributed by atoms with Crippen molar-refractivity contribution >= 4 is 17.7 Å². The Hall–Kier alpha value is -1.07. The Labute approximate surface area is 110 Å². The van der Waals surface area contributed by atoms with E-state index in [1.54, 1.807) is 11.8 Å². The molecule has 1 amide bonds. The van der Waals surface area contributed by atoms with Crippen molar-refractivity contribution in [3.8, 4) is 0 Å². The monoisotopic (exact) mass is 269 g/mol. The summed E-state index contributed by atoms with van der Waals surface area (Å²) in [4.78, 5) is 11.7. The van der Waals surface area contributed by atoms with Crippen LogP contribution >= 0.6 is 11.8 Å². The zero-order valence-corrected chi connectivity index (χ0v) is 10.8. The van der Waals surface area contributed by atoms with Crippen LogP contribution in [0.1, 0.15) is 24.5 Å². The molecule has 1 fully saturated rings. The van der Waals surface area contributed by atoms with Gasteiger partial charge in [0, 0.05) is 6.54 Å². The number of thioether (sulfide) groups is 1. The second-order valence-corrected chi connectivity index (χ2v) is 5.62. The normalized spacial score (nSPS) is 20.7. The third-order valence-electron chi connectivity index (χ3n) is 2.95. The lowest BCUT2D eigenvalue weighted by atomic mass is 10.1. The van der Waals surface area contributed by atoms with E-state index in [1.807, 2.05) is 0 Å². The Balaban J connectivity index is 1.82. The lowest BCUT2D eigenvalue weighted by Crippen LogP contribution is -2.34. The highest BCUT2D eigenvalue weighted by atomic mass is 32.2. The summed E-state index contributed by atoms with van der Waals surface area (Å²) in [6.45, 7) is 0.168. The highest BCUT2D eigenvalue weighted by molar-refractivity contribution is 8.00. The van der Waals surface area contributed by atoms with Gasteiger partial charge in [-0.1, -0.05) is 12.1 Å². The van der Waals surface area contributed by atoms with Crippen LogP contribution in [0.4, 0.5) is 4.39 Å². The highest BCUT2D eigenvalue weighted by Gasteiger charge is 2.23. The zero-order valence-electron chi connectivity index (χ0n) is 9.93. The van der Waals surface area contributed by atoms with E-state index in [0.717, 1.165) is 18.6 Å². The second-order valence-electron chi connectivity index (χ2n) is 4.31. The molecule has 3 nitrogen and oxygen atoms in total. The quantitative estimate of drug-likeness (QED) is 0.877. The number of amides is 1. The summed E-state index contributed by atoms with van der Waals surface area (Å²) in [5.74, 6) is 0.675. The van der Waals surface area contributed by atoms with E-state index in [9.17, 15) is 14.3 Å². The van der Waals surface area contributed by atoms with Gasteiger partial charge < -0.3 is 10.4 Å². The lowest BCUT2D eigenvalue weighted by molar-refractivity contribution is -0.121. The first-order chi connectivity index (χ1) is 8.66. The zero-order chi connectivity index (χ0) is 13.0. The first-order valence-electron chi connectivity index (χ1n) is 5.99. The van der Waals surface area contributed by atoms with Crippen LogP contribution < -0.4 is 5.32 Å². The van der Waals surface area contributed by atoms with Crippen LogP contribution in [0.25, 0.3) is 0 Å². The van der Waals surface area contributed by atoms with Gasteiger partial charge in [0.1, 0.15) is 5.82 Å². The molecular weight excluding hydrogens is 253 g/mol. The lowest BCUT2D eigenvalue weighted by Gasteiger charge is -2.14. The maximum atomic E-state index is 12.7. The molecule has 98 valence electrons. The Morgan fingerprint density at radius 3 is 2.83 bits per heavy atom. The number of benzene rings is 1. The summed E-state index contributed by atoms with van der Waals surface area (Å²) in [6.07, 6.45) is 1.19. The number of hydrogen-bond acceptors (Lipinski definition) is 3. The van der Waals surface area contributed by atoms with Gasteiger partial charge in [-0.2, -0.15) is 0 Å². The van der Waals surface area contributed by atoms with Crippen molar-refractivity contribution < 1.29 is 14.3 Å². The van der Waals surface area contributed by atoms with E-state index < -0.39 is 6.10 Å². The summed E-state index contributed by atoms with van der Waals surface area (Å²) < 4.78 is 12.7. The molecule has 2 N–H and O–H groups in total. The first kappa shape index (κ1) is 13.4. The van der Waals surface area contributed by atoms with Crippen molar-refractivity contribution in [2.24, 2.45) is 0 Å². The predicted molar refractivity (Wildman–Crippen MR) is 69.8 cm³/mol. The SMILES string of the molecule is O=C(NCC(O)c1ccc(F)cc1)C1CCCS1. The standard InChI is InChI=1S/C13H16FNO2S/c14-10-5-3-9(4-6-10)11(16)8-15-13(17)12-2-1-7-18-12/h3-6,11-12,16H,1-2,7-8H2,(H,15,17). The van der Waals surface area contributed by atoms with Gasteiger partial charge in [-0.05, 0) is 36.3 Å². The fourth-order valence-electron chi connectivity index (χ4n) is 1.90. The van der Waals surface area contributed by atoms with Crippen molar-refractivity contribution in [3.63, 3.8) is 0 Å². The smallest absolute Gasteiger partial charge is 0.233 e. The molecule has 0 aromatic heterocycles. The van der Waals surface area contributed by atoms with Gasteiger partial charge in [0.05, 0.1) is 11.4 Å². The fourth-order valence-corrected chi connectivity index (χ4v) is 3.08. The molecule has 1 aromatic carbocycles. The minimum atomic E-state index is -0.791. The van der Waals surface area contributed by atoms with Crippen LogP contribution in [0.15, 0.2) is 24.3 Å². The molecule has 0 bridgehead atoms. The molecule has 1 aliphatic heterocycles. The van der Waals surface area contributed by atoms with Gasteiger partial charge in [0.15, 0.2) is 0 Å². The van der Waals surface area contributed by atoms with E-state index >= 15 is 0 Å². The Morgan fingerprint density at radius 2 is 2.22 bits per heavy atom. The van der Waals surface area contributed by atoms with Crippen molar-refractivity contribution in [1.82, 2.24) is 5.32 Å². The Kier molecular flexibility index (Phi) is 4.60. The fraction of sp³-hybridized carbons (Fsp3) is 0.462. The first-order valence-corrected chi connectivity index (χ1v) is 7.04. The summed E-state index contributed by atoms with van der Waals surface area (Å²) in [5.41, 5.74) is 0.607. The predicted octanol–water partition coefficient (Wildman–Crippen LogP) is 1.87. The summed E-state index contributed by atoms with van der Waals surface area (Å²) in [7, 11) is 0. The molecular formula is C13H16FNO2S. The number of aliphatic hydroxyl groups is 1. The van der Waals surface area contributed by atoms with Gasteiger partial charge in [-0.15, -0.1) is 11.8 Å². The van der Waals surface area contributed by atoms with E-state index in [2.05, 4.69) is 5.32 Å². The van der Waals surface area contributed by atoms with E-state index in [0.29, 0.717) is 5.56 Å². The van der Waals surface area contributed by atoms with Crippen LogP contribution in [0, 0.1) is 5.82 Å². The van der Waals surface area contributed by atoms with Gasteiger partial charge in [0.2, 0.25) is 5.91 Å². The molecule has 0 aliphatic carbocycles. The van der Waals surface area contributed by atoms with Crippen molar-refractivity contribution in [3.05, 3.63) is 35.6 Å². The molecule has 1 aliphatic rings. The van der Waals surface area contributed by atoms with Crippen LogP contribution in [0.5, 0.6) is 0 Å². The van der Waals surface area contributed by atoms with Crippen LogP contribution in [-0.4, -0.2) is 28.6 Å². The number of halogens is 1. The van der Waals surface area contributed by atoms with Gasteiger partial charge in [-0.25, -0.2) is 4.39 Å². The molecule has 1 aromatic rings. The molecule has 0 spiro atoms. The molecule has 5 heteroatoms. The molecule has 0 radical (unpaired) electrons. The maximum Gasteiger partial charge on any atom is 0.233 e. The van der Waals surface area contributed by atoms with E-state index in [4.69, 9.17) is 0 Å². The van der Waals surface area contributed by atoms with Crippen molar-refractivity contribution in [2.45, 2.75) is 24.2 Å². The Bertz CT molecular complexity index is 404. The number of aliphatic hydroxyl groups excluding tert-OH is 1. The number of carbonyl (C=O) groups excluding carboxylic acids is 1. The third-order valence-corrected chi connectivity index (χ3v) is 4.32. The summed E-state index contributed by atoms with van der Waals surface area (Å²) >= 11 is 1.66. The topological polar surface area (TPSA) is 49.3 Å². The maximum absolute atomic E-state index is 12.7. The van der Waals surface area contributed by atoms with Crippen LogP contribution in [0.3, 0.4) is 0 Å². The molecule has 1 heterocycles. The minimum Gasteiger partial charge on any atom is -0.387 e. The molecule has 18 heavy (non-hydrogen) atoms. The number of rotatable bonds is 4. The average molecular weight is 269 g/mol. The van der Waals surface area contributed by atoms with Crippen molar-refractivity contribution in [2.75, 3.05) is 12.3 Å². The molecule has 2 atom stereocenters. The second kappa shape index (κ2) is 6.20. The molecule has 1 saturated heterocycles. The average Bonchev–Trinajstić information content (AvgIpc) is 2.90. The van der Waals surface area contributed by atoms with Crippen LogP contribution in [0.2, 0.25) is 0 Å². The number of hydrogen-bond donors (Lipinski definition) is 2. The largest absolute Gasteiger partial charge is 0.387 e. The Morgan fingerprint density at radius 1 is 1.50 bits per heavy atom.